The van der Waals surface area contributed by atoms with E-state index in [-0.39, 0.29) is 127 Å². The predicted octanol–water partition coefficient (Wildman–Crippen LogP) is -0.00750. The van der Waals surface area contributed by atoms with Crippen LogP contribution in [0.5, 0.6) is 0 Å². The molecule has 0 aliphatic carbocycles. The fourth-order valence-corrected chi connectivity index (χ4v) is 0. The van der Waals surface area contributed by atoms with Crippen molar-refractivity contribution in [3.05, 3.63) is 0 Å². The van der Waals surface area contributed by atoms with Crippen molar-refractivity contribution in [1.82, 2.24) is 0 Å². The van der Waals surface area contributed by atoms with Crippen LogP contribution in [0.15, 0.2) is 0 Å². The molecular formula is CeHfYZr. The summed E-state index contributed by atoms with van der Waals surface area (Å²) in [6, 6.07) is 0. The molecule has 4 heteroatoms. The normalized spacial score (nSPS) is 0. The second-order valence-corrected chi connectivity index (χ2v) is 0. The molecule has 0 bridgehead atoms. The van der Waals surface area contributed by atoms with E-state index in [0.29, 0.717) is 0 Å². The summed E-state index contributed by atoms with van der Waals surface area (Å²) in [5.74, 6) is 0. The first-order chi connectivity index (χ1) is 0. The van der Waals surface area contributed by atoms with Gasteiger partial charge in [-0.3, -0.25) is 0 Å². The minimum absolute atomic E-state index is 0. The van der Waals surface area contributed by atoms with Crippen LogP contribution in [-0.2, 0) is 84.8 Å². The molecular weight excluding hydrogens is 499 g/mol. The molecule has 0 rings (SSSR count). The molecule has 0 nitrogen and oxygen atoms in total. The maximum absolute atomic E-state index is 0. The van der Waals surface area contributed by atoms with E-state index < -0.39 is 0 Å². The van der Waals surface area contributed by atoms with Gasteiger partial charge in [0, 0.05) is 127 Å². The fourth-order valence-electron chi connectivity index (χ4n) is 0. The third-order valence-corrected chi connectivity index (χ3v) is 0. The summed E-state index contributed by atoms with van der Waals surface area (Å²) >= 11 is 0. The summed E-state index contributed by atoms with van der Waals surface area (Å²) in [4.78, 5) is 0. The van der Waals surface area contributed by atoms with Crippen molar-refractivity contribution in [3.8, 4) is 0 Å². The van der Waals surface area contributed by atoms with Gasteiger partial charge in [0.25, 0.3) is 0 Å². The molecule has 0 aromatic heterocycles. The van der Waals surface area contributed by atoms with Gasteiger partial charge in [0.2, 0.25) is 0 Å². The third-order valence-electron chi connectivity index (χ3n) is 0. The predicted molar refractivity (Wildman–Crippen MR) is 0 cm³/mol. The molecule has 0 fully saturated rings. The van der Waals surface area contributed by atoms with E-state index in [4.69, 9.17) is 0 Å². The van der Waals surface area contributed by atoms with Gasteiger partial charge >= 0.3 is 0 Å². The Labute approximate surface area is 123 Å². The molecule has 0 heterocycles. The van der Waals surface area contributed by atoms with Crippen LogP contribution in [-0.4, -0.2) is 0 Å². The van der Waals surface area contributed by atoms with Crippen molar-refractivity contribution < 1.29 is 127 Å². The van der Waals surface area contributed by atoms with Crippen molar-refractivity contribution in [2.24, 2.45) is 0 Å². The summed E-state index contributed by atoms with van der Waals surface area (Å²) in [7, 11) is 0. The molecule has 0 aromatic carbocycles. The molecule has 1 radical (unpaired) electrons. The molecule has 0 amide bonds. The van der Waals surface area contributed by atoms with Gasteiger partial charge in [-0.1, -0.05) is 0 Å². The summed E-state index contributed by atoms with van der Waals surface area (Å²) in [5, 5.41) is 0. The average molecular weight is 499 g/mol. The van der Waals surface area contributed by atoms with Crippen LogP contribution >= 0.6 is 0 Å². The molecule has 0 spiro atoms. The number of hydrogen-bond acceptors (Lipinski definition) is 0. The first-order valence-corrected chi connectivity index (χ1v) is 0. The zero-order valence-corrected chi connectivity index (χ0v) is 14.1. The summed E-state index contributed by atoms with van der Waals surface area (Å²) < 4.78 is 0. The first-order valence-electron chi connectivity index (χ1n) is 0. The van der Waals surface area contributed by atoms with Gasteiger partial charge in [0.05, 0.1) is 0 Å². The van der Waals surface area contributed by atoms with Crippen LogP contribution in [0.25, 0.3) is 0 Å². The van der Waals surface area contributed by atoms with Crippen LogP contribution in [0.1, 0.15) is 0 Å². The van der Waals surface area contributed by atoms with E-state index in [9.17, 15) is 0 Å². The van der Waals surface area contributed by atoms with Gasteiger partial charge in [-0.15, -0.1) is 0 Å². The van der Waals surface area contributed by atoms with E-state index in [0.717, 1.165) is 0 Å². The zero-order valence-electron chi connectivity index (χ0n) is 2.08. The van der Waals surface area contributed by atoms with Crippen LogP contribution in [0.2, 0.25) is 0 Å². The molecule has 0 atom stereocenters. The summed E-state index contributed by atoms with van der Waals surface area (Å²) in [6.07, 6.45) is 0. The quantitative estimate of drug-likeness (QED) is 0.413. The largest absolute Gasteiger partial charge is 0 e. The van der Waals surface area contributed by atoms with Gasteiger partial charge in [-0.25, -0.2) is 0 Å². The van der Waals surface area contributed by atoms with Crippen molar-refractivity contribution in [2.75, 3.05) is 0 Å². The van der Waals surface area contributed by atoms with E-state index in [1.807, 2.05) is 0 Å². The molecule has 0 saturated heterocycles. The van der Waals surface area contributed by atoms with Gasteiger partial charge in [0.15, 0.2) is 0 Å². The molecule has 15 valence electrons. The van der Waals surface area contributed by atoms with Crippen LogP contribution in [0.3, 0.4) is 0 Å². The molecule has 0 aliphatic heterocycles. The smallest absolute Gasteiger partial charge is 0 e. The van der Waals surface area contributed by atoms with Gasteiger partial charge < -0.3 is 0 Å². The summed E-state index contributed by atoms with van der Waals surface area (Å²) in [6.45, 7) is 0. The van der Waals surface area contributed by atoms with Gasteiger partial charge in [-0.2, -0.15) is 0 Å². The van der Waals surface area contributed by atoms with Gasteiger partial charge in [-0.05, 0) is 0 Å². The van der Waals surface area contributed by atoms with Crippen LogP contribution in [0, 0.1) is 41.7 Å². The molecule has 0 aliphatic rings. The second-order valence-electron chi connectivity index (χ2n) is 0. The SMILES string of the molecule is [Ce].[Hf].[Y].[Zr]. The summed E-state index contributed by atoms with van der Waals surface area (Å²) in [5.41, 5.74) is 0. The standard InChI is InChI=1S/Ce.Hf.Y.Zr. The van der Waals surface area contributed by atoms with Crippen molar-refractivity contribution in [3.63, 3.8) is 0 Å². The monoisotopic (exact) mass is 499 g/mol. The maximum Gasteiger partial charge on any atom is 0 e. The van der Waals surface area contributed by atoms with Crippen molar-refractivity contribution >= 4 is 0 Å². The minimum atomic E-state index is 0. The molecule has 4 heavy (non-hydrogen) atoms. The molecule has 0 saturated carbocycles. The fraction of sp³-hybridized carbons (Fsp3) is 0. The Morgan fingerprint density at radius 3 is 1.00 bits per heavy atom. The van der Waals surface area contributed by atoms with E-state index >= 15 is 0 Å². The topological polar surface area (TPSA) is 0 Å². The third kappa shape index (κ3) is 9.53. The first kappa shape index (κ1) is 24.0. The Morgan fingerprint density at radius 1 is 1.00 bits per heavy atom. The Bertz CT molecular complexity index is 8.00. The Hall–Kier alpha value is 4.23. The number of rotatable bonds is 0. The second kappa shape index (κ2) is 15.7. The Kier molecular flexibility index (Phi) is 94.2. The minimum Gasteiger partial charge on any atom is 0 e. The van der Waals surface area contributed by atoms with E-state index in [2.05, 4.69) is 0 Å². The maximum atomic E-state index is 0. The molecule has 0 aromatic rings. The zero-order chi connectivity index (χ0) is 0. The van der Waals surface area contributed by atoms with Crippen LogP contribution < -0.4 is 0 Å². The number of hydrogen-bond donors (Lipinski definition) is 0. The molecule has 0 N–H and O–H groups in total. The molecule has 0 unspecified atom stereocenters. The van der Waals surface area contributed by atoms with Crippen molar-refractivity contribution in [1.29, 1.82) is 0 Å². The Morgan fingerprint density at radius 2 is 1.00 bits per heavy atom. The average Bonchev–Trinajstić information content (AvgIpc) is 0. The van der Waals surface area contributed by atoms with E-state index in [1.165, 1.54) is 0 Å². The van der Waals surface area contributed by atoms with Crippen LogP contribution in [0.4, 0.5) is 0 Å². The van der Waals surface area contributed by atoms with Gasteiger partial charge in [0.1, 0.15) is 0 Å². The van der Waals surface area contributed by atoms with E-state index in [1.54, 1.807) is 0 Å². The van der Waals surface area contributed by atoms with Crippen molar-refractivity contribution in [2.45, 2.75) is 0 Å². The Balaban J connectivity index is 0.